The molecule has 0 aliphatic heterocycles. The molecule has 0 saturated heterocycles. The molecule has 2 aliphatic rings. The van der Waals surface area contributed by atoms with Crippen LogP contribution >= 0.6 is 0 Å². The Morgan fingerprint density at radius 3 is 2.57 bits per heavy atom. The molecule has 1 amide bonds. The van der Waals surface area contributed by atoms with Crippen LogP contribution < -0.4 is 5.32 Å². The third-order valence-electron chi connectivity index (χ3n) is 5.19. The van der Waals surface area contributed by atoms with Crippen molar-refractivity contribution in [3.05, 3.63) is 35.9 Å². The van der Waals surface area contributed by atoms with Gasteiger partial charge in [0.15, 0.2) is 0 Å². The Morgan fingerprint density at radius 2 is 1.86 bits per heavy atom. The quantitative estimate of drug-likeness (QED) is 0.875. The SMILES string of the molecule is O=C(NCC1CCCCC1CO)C1CC1c1ccccc1. The number of nitrogens with one attached hydrogen (secondary N) is 1. The lowest BCUT2D eigenvalue weighted by molar-refractivity contribution is -0.122. The molecule has 114 valence electrons. The van der Waals surface area contributed by atoms with E-state index in [2.05, 4.69) is 17.4 Å². The number of aliphatic hydroxyl groups excluding tert-OH is 1. The van der Waals surface area contributed by atoms with E-state index in [0.717, 1.165) is 25.8 Å². The van der Waals surface area contributed by atoms with Crippen molar-refractivity contribution in [3.8, 4) is 0 Å². The van der Waals surface area contributed by atoms with E-state index in [4.69, 9.17) is 0 Å². The van der Waals surface area contributed by atoms with Crippen molar-refractivity contribution in [1.29, 1.82) is 0 Å². The monoisotopic (exact) mass is 287 g/mol. The molecule has 3 heteroatoms. The molecule has 1 aromatic carbocycles. The molecule has 2 N–H and O–H groups in total. The average molecular weight is 287 g/mol. The van der Waals surface area contributed by atoms with Gasteiger partial charge in [0.05, 0.1) is 0 Å². The van der Waals surface area contributed by atoms with Crippen molar-refractivity contribution >= 4 is 5.91 Å². The Kier molecular flexibility index (Phi) is 4.59. The highest BCUT2D eigenvalue weighted by atomic mass is 16.3. The summed E-state index contributed by atoms with van der Waals surface area (Å²) < 4.78 is 0. The molecule has 3 nitrogen and oxygen atoms in total. The van der Waals surface area contributed by atoms with E-state index >= 15 is 0 Å². The van der Waals surface area contributed by atoms with E-state index < -0.39 is 0 Å². The fourth-order valence-corrected chi connectivity index (χ4v) is 3.71. The predicted molar refractivity (Wildman–Crippen MR) is 82.8 cm³/mol. The Hall–Kier alpha value is -1.35. The van der Waals surface area contributed by atoms with Gasteiger partial charge in [0.2, 0.25) is 5.91 Å². The third-order valence-corrected chi connectivity index (χ3v) is 5.19. The number of carbonyl (C=O) groups excluding carboxylic acids is 1. The number of aliphatic hydroxyl groups is 1. The molecule has 2 aliphatic carbocycles. The van der Waals surface area contributed by atoms with E-state index in [1.165, 1.54) is 18.4 Å². The Bertz CT molecular complexity index is 473. The smallest absolute Gasteiger partial charge is 0.223 e. The molecule has 4 unspecified atom stereocenters. The minimum atomic E-state index is 0.156. The second-order valence-electron chi connectivity index (χ2n) is 6.59. The zero-order valence-electron chi connectivity index (χ0n) is 12.5. The highest BCUT2D eigenvalue weighted by Gasteiger charge is 2.43. The van der Waals surface area contributed by atoms with Crippen molar-refractivity contribution < 1.29 is 9.90 Å². The van der Waals surface area contributed by atoms with Crippen molar-refractivity contribution in [3.63, 3.8) is 0 Å². The maximum atomic E-state index is 12.3. The number of benzene rings is 1. The highest BCUT2D eigenvalue weighted by molar-refractivity contribution is 5.82. The predicted octanol–water partition coefficient (Wildman–Crippen LogP) is 2.71. The van der Waals surface area contributed by atoms with Crippen molar-refractivity contribution in [1.82, 2.24) is 5.32 Å². The first-order valence-corrected chi connectivity index (χ1v) is 8.23. The van der Waals surface area contributed by atoms with Crippen LogP contribution in [0.15, 0.2) is 30.3 Å². The van der Waals surface area contributed by atoms with Gasteiger partial charge in [-0.1, -0.05) is 43.2 Å². The van der Waals surface area contributed by atoms with Crippen LogP contribution in [-0.4, -0.2) is 24.2 Å². The minimum absolute atomic E-state index is 0.156. The molecule has 0 radical (unpaired) electrons. The largest absolute Gasteiger partial charge is 0.396 e. The zero-order chi connectivity index (χ0) is 14.7. The Labute approximate surface area is 126 Å². The van der Waals surface area contributed by atoms with E-state index in [1.54, 1.807) is 0 Å². The Morgan fingerprint density at radius 1 is 1.14 bits per heavy atom. The normalized spacial score (nSPS) is 31.7. The van der Waals surface area contributed by atoms with Crippen LogP contribution in [0.5, 0.6) is 0 Å². The standard InChI is InChI=1S/C18H25NO2/c20-12-15-9-5-4-8-14(15)11-19-18(21)17-10-16(17)13-6-2-1-3-7-13/h1-3,6-7,14-17,20H,4-5,8-12H2,(H,19,21). The maximum Gasteiger partial charge on any atom is 0.223 e. The number of hydrogen-bond donors (Lipinski definition) is 2. The summed E-state index contributed by atoms with van der Waals surface area (Å²) in [4.78, 5) is 12.3. The van der Waals surface area contributed by atoms with Gasteiger partial charge >= 0.3 is 0 Å². The van der Waals surface area contributed by atoms with Gasteiger partial charge in [0.1, 0.15) is 0 Å². The molecule has 21 heavy (non-hydrogen) atoms. The van der Waals surface area contributed by atoms with Crippen LogP contribution in [0.2, 0.25) is 0 Å². The van der Waals surface area contributed by atoms with E-state index in [-0.39, 0.29) is 18.4 Å². The summed E-state index contributed by atoms with van der Waals surface area (Å²) in [6.07, 6.45) is 5.66. The third kappa shape index (κ3) is 3.46. The lowest BCUT2D eigenvalue weighted by Crippen LogP contribution is -2.36. The second kappa shape index (κ2) is 6.61. The van der Waals surface area contributed by atoms with Crippen molar-refractivity contribution in [2.45, 2.75) is 38.0 Å². The topological polar surface area (TPSA) is 49.3 Å². The van der Waals surface area contributed by atoms with Gasteiger partial charge in [-0.3, -0.25) is 4.79 Å². The van der Waals surface area contributed by atoms with Crippen LogP contribution in [0, 0.1) is 17.8 Å². The lowest BCUT2D eigenvalue weighted by atomic mass is 9.79. The van der Waals surface area contributed by atoms with E-state index in [1.807, 2.05) is 18.2 Å². The molecule has 1 aromatic rings. The molecular weight excluding hydrogens is 262 g/mol. The summed E-state index contributed by atoms with van der Waals surface area (Å²) >= 11 is 0. The van der Waals surface area contributed by atoms with Crippen molar-refractivity contribution in [2.24, 2.45) is 17.8 Å². The fourth-order valence-electron chi connectivity index (χ4n) is 3.71. The molecule has 2 fully saturated rings. The summed E-state index contributed by atoms with van der Waals surface area (Å²) in [5, 5.41) is 12.6. The van der Waals surface area contributed by atoms with E-state index in [9.17, 15) is 9.90 Å². The number of amides is 1. The first kappa shape index (κ1) is 14.6. The number of rotatable bonds is 5. The fraction of sp³-hybridized carbons (Fsp3) is 0.611. The summed E-state index contributed by atoms with van der Waals surface area (Å²) in [5.41, 5.74) is 1.28. The van der Waals surface area contributed by atoms with Gasteiger partial charge < -0.3 is 10.4 Å². The maximum absolute atomic E-state index is 12.3. The molecule has 0 heterocycles. The number of hydrogen-bond acceptors (Lipinski definition) is 2. The highest BCUT2D eigenvalue weighted by Crippen LogP contribution is 2.47. The molecule has 0 aromatic heterocycles. The summed E-state index contributed by atoms with van der Waals surface area (Å²) in [6, 6.07) is 10.3. The first-order chi connectivity index (χ1) is 10.3. The number of carbonyl (C=O) groups is 1. The van der Waals surface area contributed by atoms with Crippen LogP contribution in [0.1, 0.15) is 43.6 Å². The van der Waals surface area contributed by atoms with Crippen LogP contribution in [0.25, 0.3) is 0 Å². The van der Waals surface area contributed by atoms with Gasteiger partial charge in [-0.25, -0.2) is 0 Å². The van der Waals surface area contributed by atoms with Crippen LogP contribution in [-0.2, 0) is 4.79 Å². The molecule has 4 atom stereocenters. The van der Waals surface area contributed by atoms with Crippen LogP contribution in [0.4, 0.5) is 0 Å². The molecular formula is C18H25NO2. The van der Waals surface area contributed by atoms with Crippen molar-refractivity contribution in [2.75, 3.05) is 13.2 Å². The lowest BCUT2D eigenvalue weighted by Gasteiger charge is -2.30. The van der Waals surface area contributed by atoms with Gasteiger partial charge in [-0.15, -0.1) is 0 Å². The zero-order valence-corrected chi connectivity index (χ0v) is 12.5. The van der Waals surface area contributed by atoms with Gasteiger partial charge in [-0.05, 0) is 42.6 Å². The van der Waals surface area contributed by atoms with E-state index in [0.29, 0.717) is 17.8 Å². The first-order valence-electron chi connectivity index (χ1n) is 8.23. The molecule has 0 bridgehead atoms. The van der Waals surface area contributed by atoms with Gasteiger partial charge in [0.25, 0.3) is 0 Å². The summed E-state index contributed by atoms with van der Waals surface area (Å²) in [6.45, 7) is 0.999. The van der Waals surface area contributed by atoms with Gasteiger partial charge in [-0.2, -0.15) is 0 Å². The second-order valence-corrected chi connectivity index (χ2v) is 6.59. The summed E-state index contributed by atoms with van der Waals surface area (Å²) in [7, 11) is 0. The molecule has 3 rings (SSSR count). The van der Waals surface area contributed by atoms with Crippen LogP contribution in [0.3, 0.4) is 0 Å². The molecule has 0 spiro atoms. The minimum Gasteiger partial charge on any atom is -0.396 e. The van der Waals surface area contributed by atoms with Gasteiger partial charge in [0, 0.05) is 19.1 Å². The Balaban J connectivity index is 1.47. The molecule has 2 saturated carbocycles. The summed E-state index contributed by atoms with van der Waals surface area (Å²) in [5.74, 6) is 1.60. The average Bonchev–Trinajstić information content (AvgIpc) is 3.34.